The minimum Gasteiger partial charge on any atom is -0.456 e. The van der Waals surface area contributed by atoms with Gasteiger partial charge < -0.3 is 14.6 Å². The van der Waals surface area contributed by atoms with E-state index in [-0.39, 0.29) is 24.1 Å². The van der Waals surface area contributed by atoms with Gasteiger partial charge >= 0.3 is 5.97 Å². The minimum absolute atomic E-state index is 0.182. The number of esters is 1. The summed E-state index contributed by atoms with van der Waals surface area (Å²) < 4.78 is 20.1. The summed E-state index contributed by atoms with van der Waals surface area (Å²) in [5, 5.41) is 2.53. The molecule has 7 heteroatoms. The Morgan fingerprint density at radius 2 is 1.96 bits per heavy atom. The van der Waals surface area contributed by atoms with Crippen molar-refractivity contribution >= 4 is 17.7 Å². The number of carbonyl (C=O) groups excluding carboxylic acids is 3. The number of ketones is 1. The van der Waals surface area contributed by atoms with Crippen molar-refractivity contribution in [2.45, 2.75) is 45.7 Å². The Hall–Kier alpha value is -2.96. The van der Waals surface area contributed by atoms with Gasteiger partial charge in [-0.25, -0.2) is 9.18 Å². The number of aryl methyl sites for hydroxylation is 2. The van der Waals surface area contributed by atoms with E-state index >= 15 is 0 Å². The Balaban J connectivity index is 1.60. The summed E-state index contributed by atoms with van der Waals surface area (Å²) in [6, 6.07) is 7.48. The summed E-state index contributed by atoms with van der Waals surface area (Å²) in [7, 11) is 0. The van der Waals surface area contributed by atoms with E-state index in [9.17, 15) is 18.8 Å². The molecule has 2 aromatic rings. The van der Waals surface area contributed by atoms with Crippen LogP contribution in [0.1, 0.15) is 40.2 Å². The van der Waals surface area contributed by atoms with Gasteiger partial charge in [-0.1, -0.05) is 12.1 Å². The van der Waals surface area contributed by atoms with Crippen LogP contribution >= 0.6 is 0 Å². The lowest BCUT2D eigenvalue weighted by Gasteiger charge is -2.11. The van der Waals surface area contributed by atoms with E-state index in [1.165, 1.54) is 12.1 Å². The molecule has 1 saturated heterocycles. The number of Topliss-reactive ketones (excluding diaryl/α,β-unsaturated/α-hetero) is 1. The summed E-state index contributed by atoms with van der Waals surface area (Å²) in [4.78, 5) is 35.6. The first kappa shape index (κ1) is 19.8. The summed E-state index contributed by atoms with van der Waals surface area (Å²) in [5.74, 6) is -1.31. The zero-order chi connectivity index (χ0) is 20.3. The maximum Gasteiger partial charge on any atom is 0.329 e. The SMILES string of the molecule is Cc1cc(C(=O)COC(=O)[C@@H]2CCC(=O)N2)c(C)n1CCc1ccc(F)cc1. The molecule has 1 amide bonds. The van der Waals surface area contributed by atoms with Crippen molar-refractivity contribution in [3.05, 3.63) is 58.7 Å². The van der Waals surface area contributed by atoms with Gasteiger partial charge in [-0.15, -0.1) is 0 Å². The number of ether oxygens (including phenoxy) is 1. The highest BCUT2D eigenvalue weighted by atomic mass is 19.1. The van der Waals surface area contributed by atoms with E-state index in [4.69, 9.17) is 4.74 Å². The van der Waals surface area contributed by atoms with Gasteiger partial charge in [0.15, 0.2) is 6.61 Å². The van der Waals surface area contributed by atoms with Crippen molar-refractivity contribution < 1.29 is 23.5 Å². The second kappa shape index (κ2) is 8.37. The average molecular weight is 386 g/mol. The number of benzene rings is 1. The Kier molecular flexibility index (Phi) is 5.92. The highest BCUT2D eigenvalue weighted by molar-refractivity contribution is 5.99. The molecule has 0 radical (unpaired) electrons. The van der Waals surface area contributed by atoms with E-state index in [1.54, 1.807) is 18.2 Å². The zero-order valence-corrected chi connectivity index (χ0v) is 16.0. The summed E-state index contributed by atoms with van der Waals surface area (Å²) in [5.41, 5.74) is 3.25. The third kappa shape index (κ3) is 4.47. The number of halogens is 1. The highest BCUT2D eigenvalue weighted by Crippen LogP contribution is 2.18. The Bertz CT molecular complexity index is 902. The molecule has 1 N–H and O–H groups in total. The van der Waals surface area contributed by atoms with Crippen molar-refractivity contribution in [1.29, 1.82) is 0 Å². The Labute approximate surface area is 162 Å². The number of hydrogen-bond donors (Lipinski definition) is 1. The number of hydrogen-bond acceptors (Lipinski definition) is 4. The molecule has 0 spiro atoms. The molecule has 0 aliphatic carbocycles. The normalized spacial score (nSPS) is 16.1. The third-order valence-corrected chi connectivity index (χ3v) is 5.04. The molecular formula is C21H23FN2O4. The molecule has 1 aromatic heterocycles. The molecule has 1 aromatic carbocycles. The second-order valence-electron chi connectivity index (χ2n) is 7.00. The van der Waals surface area contributed by atoms with Crippen LogP contribution < -0.4 is 5.32 Å². The van der Waals surface area contributed by atoms with Crippen LogP contribution in [-0.4, -0.2) is 34.9 Å². The molecule has 1 aliphatic rings. The number of nitrogens with one attached hydrogen (secondary N) is 1. The summed E-state index contributed by atoms with van der Waals surface area (Å²) in [6.07, 6.45) is 1.40. The van der Waals surface area contributed by atoms with Crippen LogP contribution in [0.2, 0.25) is 0 Å². The molecule has 148 valence electrons. The van der Waals surface area contributed by atoms with Gasteiger partial charge in [0.05, 0.1) is 0 Å². The van der Waals surface area contributed by atoms with E-state index in [1.807, 2.05) is 18.4 Å². The lowest BCUT2D eigenvalue weighted by molar-refractivity contribution is -0.145. The summed E-state index contributed by atoms with van der Waals surface area (Å²) in [6.45, 7) is 4.07. The van der Waals surface area contributed by atoms with Crippen LogP contribution in [0.25, 0.3) is 0 Å². The van der Waals surface area contributed by atoms with Crippen LogP contribution in [0, 0.1) is 19.7 Å². The molecule has 1 aliphatic heterocycles. The average Bonchev–Trinajstić information content (AvgIpc) is 3.23. The van der Waals surface area contributed by atoms with Gasteiger partial charge in [0.2, 0.25) is 11.7 Å². The van der Waals surface area contributed by atoms with Crippen LogP contribution in [-0.2, 0) is 27.3 Å². The first-order valence-corrected chi connectivity index (χ1v) is 9.25. The van der Waals surface area contributed by atoms with Gasteiger partial charge in [-0.3, -0.25) is 9.59 Å². The summed E-state index contributed by atoms with van der Waals surface area (Å²) >= 11 is 0. The fraction of sp³-hybridized carbons (Fsp3) is 0.381. The quantitative estimate of drug-likeness (QED) is 0.586. The van der Waals surface area contributed by atoms with Crippen LogP contribution in [0.5, 0.6) is 0 Å². The van der Waals surface area contributed by atoms with Gasteiger partial charge in [-0.2, -0.15) is 0 Å². The van der Waals surface area contributed by atoms with E-state index in [2.05, 4.69) is 5.32 Å². The van der Waals surface area contributed by atoms with Crippen LogP contribution in [0.4, 0.5) is 4.39 Å². The predicted octanol–water partition coefficient (Wildman–Crippen LogP) is 2.49. The van der Waals surface area contributed by atoms with Crippen molar-refractivity contribution in [1.82, 2.24) is 9.88 Å². The first-order valence-electron chi connectivity index (χ1n) is 9.25. The maximum atomic E-state index is 13.0. The lowest BCUT2D eigenvalue weighted by Crippen LogP contribution is -2.35. The van der Waals surface area contributed by atoms with Crippen molar-refractivity contribution in [2.75, 3.05) is 6.61 Å². The first-order chi connectivity index (χ1) is 13.3. The van der Waals surface area contributed by atoms with Crippen LogP contribution in [0.3, 0.4) is 0 Å². The van der Waals surface area contributed by atoms with Crippen LogP contribution in [0.15, 0.2) is 30.3 Å². The van der Waals surface area contributed by atoms with Crippen molar-refractivity contribution in [3.8, 4) is 0 Å². The molecule has 1 atom stereocenters. The van der Waals surface area contributed by atoms with E-state index in [0.29, 0.717) is 31.4 Å². The van der Waals surface area contributed by atoms with Gasteiger partial charge in [0.1, 0.15) is 11.9 Å². The second-order valence-corrected chi connectivity index (χ2v) is 7.00. The fourth-order valence-electron chi connectivity index (χ4n) is 3.43. The molecule has 2 heterocycles. The van der Waals surface area contributed by atoms with E-state index < -0.39 is 12.0 Å². The number of rotatable bonds is 7. The molecule has 3 rings (SSSR count). The highest BCUT2D eigenvalue weighted by Gasteiger charge is 2.29. The predicted molar refractivity (Wildman–Crippen MR) is 100 cm³/mol. The molecule has 28 heavy (non-hydrogen) atoms. The third-order valence-electron chi connectivity index (χ3n) is 5.04. The standard InChI is InChI=1S/C21H23FN2O4/c1-13-11-17(19(25)12-28-21(27)18-7-8-20(26)23-18)14(2)24(13)10-9-15-3-5-16(22)6-4-15/h3-6,11,18H,7-10,12H2,1-2H3,(H,23,26)/t18-/m0/s1. The maximum absolute atomic E-state index is 13.0. The molecular weight excluding hydrogens is 363 g/mol. The Morgan fingerprint density at radius 3 is 2.61 bits per heavy atom. The monoisotopic (exact) mass is 386 g/mol. The molecule has 0 bridgehead atoms. The lowest BCUT2D eigenvalue weighted by atomic mass is 10.1. The minimum atomic E-state index is -0.663. The number of nitrogens with zero attached hydrogens (tertiary/aromatic N) is 1. The number of amides is 1. The largest absolute Gasteiger partial charge is 0.456 e. The van der Waals surface area contributed by atoms with Crippen molar-refractivity contribution in [3.63, 3.8) is 0 Å². The molecule has 0 unspecified atom stereocenters. The number of aromatic nitrogens is 1. The topological polar surface area (TPSA) is 77.4 Å². The molecule has 6 nitrogen and oxygen atoms in total. The number of carbonyl (C=O) groups is 3. The van der Waals surface area contributed by atoms with Crippen molar-refractivity contribution in [2.24, 2.45) is 0 Å². The van der Waals surface area contributed by atoms with E-state index in [0.717, 1.165) is 17.0 Å². The zero-order valence-electron chi connectivity index (χ0n) is 16.0. The van der Waals surface area contributed by atoms with Gasteiger partial charge in [0.25, 0.3) is 0 Å². The molecule has 1 fully saturated rings. The van der Waals surface area contributed by atoms with Gasteiger partial charge in [-0.05, 0) is 50.5 Å². The molecule has 0 saturated carbocycles. The fourth-order valence-corrected chi connectivity index (χ4v) is 3.43. The Morgan fingerprint density at radius 1 is 1.25 bits per heavy atom. The smallest absolute Gasteiger partial charge is 0.329 e. The van der Waals surface area contributed by atoms with Gasteiger partial charge in [0, 0.05) is 29.9 Å².